The van der Waals surface area contributed by atoms with E-state index in [1.54, 1.807) is 0 Å². The van der Waals surface area contributed by atoms with Gasteiger partial charge in [-0.05, 0) is 25.1 Å². The second-order valence-electron chi connectivity index (χ2n) is 6.27. The minimum absolute atomic E-state index is 0.169. The van der Waals surface area contributed by atoms with Gasteiger partial charge in [-0.2, -0.15) is 5.10 Å². The van der Waals surface area contributed by atoms with Gasteiger partial charge in [0.2, 0.25) is 0 Å². The van der Waals surface area contributed by atoms with Gasteiger partial charge in [0.1, 0.15) is 0 Å². The Hall–Kier alpha value is -1.69. The van der Waals surface area contributed by atoms with Crippen LogP contribution >= 0.6 is 0 Å². The molecule has 2 aromatic rings. The first-order valence-corrected chi connectivity index (χ1v) is 7.72. The summed E-state index contributed by atoms with van der Waals surface area (Å²) in [6.45, 7) is 4.44. The lowest BCUT2D eigenvalue weighted by Gasteiger charge is -2.27. The highest BCUT2D eigenvalue weighted by atomic mass is 16.3. The van der Waals surface area contributed by atoms with Crippen molar-refractivity contribution in [2.75, 3.05) is 20.1 Å². The van der Waals surface area contributed by atoms with Gasteiger partial charge in [0.15, 0.2) is 0 Å². The second kappa shape index (κ2) is 6.20. The Morgan fingerprint density at radius 3 is 2.86 bits per heavy atom. The smallest absolute Gasteiger partial charge is 0.0831 e. The van der Waals surface area contributed by atoms with Crippen LogP contribution < -0.4 is 5.32 Å². The average molecular weight is 300 g/mol. The molecule has 2 heterocycles. The van der Waals surface area contributed by atoms with Gasteiger partial charge in [0, 0.05) is 44.5 Å². The number of aliphatic hydroxyl groups excluding tert-OH is 1. The molecular weight excluding hydrogens is 276 g/mol. The predicted molar refractivity (Wildman–Crippen MR) is 87.5 cm³/mol. The molecule has 1 aromatic heterocycles. The molecule has 5 nitrogen and oxygen atoms in total. The number of rotatable bonds is 4. The molecule has 0 unspecified atom stereocenters. The van der Waals surface area contributed by atoms with Crippen LogP contribution in [-0.2, 0) is 13.6 Å². The van der Waals surface area contributed by atoms with Crippen LogP contribution in [-0.4, -0.2) is 52.1 Å². The van der Waals surface area contributed by atoms with Crippen LogP contribution in [0.1, 0.15) is 11.1 Å². The van der Waals surface area contributed by atoms with Crippen molar-refractivity contribution in [2.45, 2.75) is 25.6 Å². The Morgan fingerprint density at radius 2 is 2.23 bits per heavy atom. The Balaban J connectivity index is 1.87. The highest BCUT2D eigenvalue weighted by Gasteiger charge is 2.28. The van der Waals surface area contributed by atoms with Gasteiger partial charge < -0.3 is 10.4 Å². The van der Waals surface area contributed by atoms with Gasteiger partial charge in [-0.3, -0.25) is 9.58 Å². The summed E-state index contributed by atoms with van der Waals surface area (Å²) < 4.78 is 1.83. The number of hydrogen-bond acceptors (Lipinski definition) is 4. The van der Waals surface area contributed by atoms with Crippen LogP contribution in [0.15, 0.2) is 30.6 Å². The molecule has 5 heteroatoms. The van der Waals surface area contributed by atoms with Crippen molar-refractivity contribution in [3.8, 4) is 11.1 Å². The molecule has 1 aliphatic heterocycles. The number of aryl methyl sites for hydroxylation is 2. The lowest BCUT2D eigenvalue weighted by Crippen LogP contribution is -2.40. The number of benzene rings is 1. The second-order valence-corrected chi connectivity index (χ2v) is 6.27. The maximum absolute atomic E-state index is 10.1. The van der Waals surface area contributed by atoms with Crippen molar-refractivity contribution in [2.24, 2.45) is 7.05 Å². The third-order valence-electron chi connectivity index (χ3n) is 4.42. The monoisotopic (exact) mass is 300 g/mol. The van der Waals surface area contributed by atoms with E-state index in [0.29, 0.717) is 6.54 Å². The number of aromatic nitrogens is 2. The molecule has 0 spiro atoms. The van der Waals surface area contributed by atoms with Gasteiger partial charge in [0.25, 0.3) is 0 Å². The summed E-state index contributed by atoms with van der Waals surface area (Å²) in [5.74, 6) is 0. The zero-order valence-electron chi connectivity index (χ0n) is 13.5. The molecule has 1 aromatic carbocycles. The SMILES string of the molecule is Cc1ccc(CN(C)[C@H]2CNC[C@@H]2O)c(-c2cnn(C)c2)c1. The van der Waals surface area contributed by atoms with Crippen LogP contribution in [0, 0.1) is 6.92 Å². The Morgan fingerprint density at radius 1 is 1.41 bits per heavy atom. The Labute approximate surface area is 131 Å². The van der Waals surface area contributed by atoms with Crippen molar-refractivity contribution in [3.05, 3.63) is 41.7 Å². The number of β-amino-alcohol motifs (C(OH)–C–C–N with tert-alkyl or cyclic N) is 1. The van der Waals surface area contributed by atoms with Crippen LogP contribution in [0.3, 0.4) is 0 Å². The van der Waals surface area contributed by atoms with E-state index in [9.17, 15) is 5.11 Å². The summed E-state index contributed by atoms with van der Waals surface area (Å²) >= 11 is 0. The minimum Gasteiger partial charge on any atom is -0.390 e. The lowest BCUT2D eigenvalue weighted by atomic mass is 9.99. The Bertz CT molecular complexity index is 652. The summed E-state index contributed by atoms with van der Waals surface area (Å²) in [5, 5.41) is 17.6. The first kappa shape index (κ1) is 15.2. The number of nitrogens with one attached hydrogen (secondary N) is 1. The predicted octanol–water partition coefficient (Wildman–Crippen LogP) is 1.16. The van der Waals surface area contributed by atoms with Crippen molar-refractivity contribution >= 4 is 0 Å². The third-order valence-corrected chi connectivity index (χ3v) is 4.42. The molecule has 0 aliphatic carbocycles. The molecule has 0 saturated carbocycles. The van der Waals surface area contributed by atoms with Crippen molar-refractivity contribution < 1.29 is 5.11 Å². The van der Waals surface area contributed by atoms with E-state index in [4.69, 9.17) is 0 Å². The molecular formula is C17H24N4O. The molecule has 3 rings (SSSR count). The summed E-state index contributed by atoms with van der Waals surface area (Å²) in [4.78, 5) is 2.23. The summed E-state index contributed by atoms with van der Waals surface area (Å²) in [6, 6.07) is 6.71. The fraction of sp³-hybridized carbons (Fsp3) is 0.471. The standard InChI is InChI=1S/C17H24N4O/c1-12-4-5-13(10-20(2)16-8-18-9-17(16)22)15(6-12)14-7-19-21(3)11-14/h4-7,11,16-18,22H,8-10H2,1-3H3/t16-,17-/m0/s1. The van der Waals surface area contributed by atoms with E-state index in [1.807, 2.05) is 24.1 Å². The summed E-state index contributed by atoms with van der Waals surface area (Å²) in [7, 11) is 4.01. The molecule has 0 radical (unpaired) electrons. The molecule has 118 valence electrons. The van der Waals surface area contributed by atoms with E-state index < -0.39 is 0 Å². The van der Waals surface area contributed by atoms with Crippen molar-refractivity contribution in [1.82, 2.24) is 20.0 Å². The van der Waals surface area contributed by atoms with Crippen LogP contribution in [0.5, 0.6) is 0 Å². The van der Waals surface area contributed by atoms with Crippen LogP contribution in [0.4, 0.5) is 0 Å². The van der Waals surface area contributed by atoms with E-state index >= 15 is 0 Å². The number of aliphatic hydroxyl groups is 1. The van der Waals surface area contributed by atoms with Crippen molar-refractivity contribution in [1.29, 1.82) is 0 Å². The molecule has 0 amide bonds. The molecule has 2 N–H and O–H groups in total. The fourth-order valence-electron chi connectivity index (χ4n) is 3.14. The van der Waals surface area contributed by atoms with Crippen LogP contribution in [0.25, 0.3) is 11.1 Å². The maximum atomic E-state index is 10.1. The molecule has 1 saturated heterocycles. The van der Waals surface area contributed by atoms with Crippen LogP contribution in [0.2, 0.25) is 0 Å². The number of nitrogens with zero attached hydrogens (tertiary/aromatic N) is 3. The van der Waals surface area contributed by atoms with Gasteiger partial charge in [-0.1, -0.05) is 23.8 Å². The van der Waals surface area contributed by atoms with Gasteiger partial charge in [-0.25, -0.2) is 0 Å². The first-order valence-electron chi connectivity index (χ1n) is 7.72. The minimum atomic E-state index is -0.294. The molecule has 1 fully saturated rings. The average Bonchev–Trinajstić information content (AvgIpc) is 3.09. The summed E-state index contributed by atoms with van der Waals surface area (Å²) in [5.41, 5.74) is 4.87. The highest BCUT2D eigenvalue weighted by Crippen LogP contribution is 2.26. The van der Waals surface area contributed by atoms with Gasteiger partial charge >= 0.3 is 0 Å². The molecule has 22 heavy (non-hydrogen) atoms. The maximum Gasteiger partial charge on any atom is 0.0831 e. The van der Waals surface area contributed by atoms with Gasteiger partial charge in [0.05, 0.1) is 12.3 Å². The highest BCUT2D eigenvalue weighted by molar-refractivity contribution is 5.66. The molecule has 2 atom stereocenters. The molecule has 1 aliphatic rings. The summed E-state index contributed by atoms with van der Waals surface area (Å²) in [6.07, 6.45) is 3.66. The van der Waals surface area contributed by atoms with E-state index in [2.05, 4.69) is 47.5 Å². The zero-order valence-corrected chi connectivity index (χ0v) is 13.5. The topological polar surface area (TPSA) is 53.3 Å². The third kappa shape index (κ3) is 3.06. The first-order chi connectivity index (χ1) is 10.5. The molecule has 0 bridgehead atoms. The lowest BCUT2D eigenvalue weighted by molar-refractivity contribution is 0.0956. The number of hydrogen-bond donors (Lipinski definition) is 2. The normalized spacial score (nSPS) is 21.7. The van der Waals surface area contributed by atoms with E-state index in [-0.39, 0.29) is 12.1 Å². The number of likely N-dealkylation sites (N-methyl/N-ethyl adjacent to an activating group) is 1. The largest absolute Gasteiger partial charge is 0.390 e. The van der Waals surface area contributed by atoms with E-state index in [1.165, 1.54) is 16.7 Å². The quantitative estimate of drug-likeness (QED) is 0.890. The Kier molecular flexibility index (Phi) is 4.29. The van der Waals surface area contributed by atoms with Crippen molar-refractivity contribution in [3.63, 3.8) is 0 Å². The fourth-order valence-corrected chi connectivity index (χ4v) is 3.14. The zero-order chi connectivity index (χ0) is 15.7. The van der Waals surface area contributed by atoms with E-state index in [0.717, 1.165) is 18.7 Å². The van der Waals surface area contributed by atoms with Gasteiger partial charge in [-0.15, -0.1) is 0 Å².